The standard InChI is InChI=1S/C69H118O12/c1-4-7-10-13-16-19-22-25-27-29-31-33-35-38-40-43-46-49-52-55-61(70)77-58-60(79-62(71)56-53-50-47-44-41-37-24-21-18-15-12-9-6-3)59-78-69-67(65(74)64(73)66(81-69)68(75)76)80-63(72)57-54-51-48-45-42-39-36-34-32-30-28-26-23-20-17-14-11-8-5-2/h16-17,19-20,25-28,31-34,60,64-67,69,73-74H,4-15,18,21-24,29-30,35-59H2,1-3H3,(H,75,76)/b19-16-,20-17-,27-25-,28-26-,33-31-,34-32-. The average molecular weight is 1140 g/mol. The summed E-state index contributed by atoms with van der Waals surface area (Å²) < 4.78 is 28.5. The van der Waals surface area contributed by atoms with Gasteiger partial charge in [0.05, 0.1) is 6.61 Å². The highest BCUT2D eigenvalue weighted by atomic mass is 16.7. The number of unbranched alkanes of at least 4 members (excludes halogenated alkanes) is 30. The van der Waals surface area contributed by atoms with E-state index >= 15 is 0 Å². The van der Waals surface area contributed by atoms with Crippen LogP contribution < -0.4 is 0 Å². The Kier molecular flexibility index (Phi) is 52.6. The Hall–Kier alpha value is -3.84. The molecule has 0 saturated carbocycles. The molecule has 466 valence electrons. The zero-order valence-electron chi connectivity index (χ0n) is 51.5. The molecule has 0 aromatic carbocycles. The minimum absolute atomic E-state index is 0.0442. The predicted molar refractivity (Wildman–Crippen MR) is 331 cm³/mol. The highest BCUT2D eigenvalue weighted by molar-refractivity contribution is 5.74. The molecular weight excluding hydrogens is 1020 g/mol. The van der Waals surface area contributed by atoms with E-state index in [9.17, 15) is 34.5 Å². The molecule has 6 unspecified atom stereocenters. The van der Waals surface area contributed by atoms with Gasteiger partial charge in [-0.2, -0.15) is 0 Å². The highest BCUT2D eigenvalue weighted by Gasteiger charge is 2.50. The van der Waals surface area contributed by atoms with E-state index in [0.717, 1.165) is 122 Å². The number of carboxylic acids is 1. The predicted octanol–water partition coefficient (Wildman–Crippen LogP) is 17.7. The molecule has 81 heavy (non-hydrogen) atoms. The lowest BCUT2D eigenvalue weighted by Crippen LogP contribution is -2.61. The van der Waals surface area contributed by atoms with Crippen molar-refractivity contribution < 1.29 is 58.2 Å². The molecule has 12 heteroatoms. The van der Waals surface area contributed by atoms with Gasteiger partial charge in [0, 0.05) is 19.3 Å². The molecule has 6 atom stereocenters. The number of esters is 3. The molecule has 1 fully saturated rings. The van der Waals surface area contributed by atoms with Crippen molar-refractivity contribution in [3.8, 4) is 0 Å². The van der Waals surface area contributed by atoms with E-state index in [1.54, 1.807) is 0 Å². The van der Waals surface area contributed by atoms with Gasteiger partial charge in [-0.25, -0.2) is 4.79 Å². The van der Waals surface area contributed by atoms with Gasteiger partial charge >= 0.3 is 23.9 Å². The molecule has 1 aliphatic heterocycles. The minimum atomic E-state index is -1.91. The van der Waals surface area contributed by atoms with Gasteiger partial charge in [0.25, 0.3) is 0 Å². The zero-order chi connectivity index (χ0) is 58.9. The summed E-state index contributed by atoms with van der Waals surface area (Å²) >= 11 is 0. The Balaban J connectivity index is 2.65. The monoisotopic (exact) mass is 1140 g/mol. The van der Waals surface area contributed by atoms with Gasteiger partial charge in [-0.1, -0.05) is 248 Å². The van der Waals surface area contributed by atoms with Gasteiger partial charge in [-0.3, -0.25) is 14.4 Å². The fourth-order valence-electron chi connectivity index (χ4n) is 9.68. The molecule has 1 rings (SSSR count). The largest absolute Gasteiger partial charge is 0.479 e. The summed E-state index contributed by atoms with van der Waals surface area (Å²) in [6, 6.07) is 0. The molecule has 12 nitrogen and oxygen atoms in total. The van der Waals surface area contributed by atoms with E-state index in [1.165, 1.54) is 109 Å². The SMILES string of the molecule is CCCCC/C=C\C/C=C\C/C=C\CCCCCCCCC(=O)OCC(COC1OC(C(=O)O)C(O)C(O)C1OC(=O)CCCCCCCC/C=C\C/C=C\C/C=C\CCCCC)OC(=O)CCCCCCCCCCCCCCC. The first-order valence-corrected chi connectivity index (χ1v) is 32.9. The Labute approximate surface area is 493 Å². The second-order valence-electron chi connectivity index (χ2n) is 22.4. The minimum Gasteiger partial charge on any atom is -0.479 e. The molecule has 1 heterocycles. The molecule has 0 aliphatic carbocycles. The van der Waals surface area contributed by atoms with Crippen molar-refractivity contribution in [1.82, 2.24) is 0 Å². The van der Waals surface area contributed by atoms with Gasteiger partial charge in [0.15, 0.2) is 24.6 Å². The summed E-state index contributed by atoms with van der Waals surface area (Å²) in [5.41, 5.74) is 0. The van der Waals surface area contributed by atoms with Crippen LogP contribution >= 0.6 is 0 Å². The maximum Gasteiger partial charge on any atom is 0.335 e. The van der Waals surface area contributed by atoms with E-state index in [2.05, 4.69) is 93.7 Å². The third kappa shape index (κ3) is 46.3. The summed E-state index contributed by atoms with van der Waals surface area (Å²) in [4.78, 5) is 51.3. The van der Waals surface area contributed by atoms with Crippen LogP contribution in [0, 0.1) is 0 Å². The van der Waals surface area contributed by atoms with Gasteiger partial charge in [-0.05, 0) is 96.3 Å². The Morgan fingerprint density at radius 2 is 0.741 bits per heavy atom. The maximum atomic E-state index is 13.2. The van der Waals surface area contributed by atoms with E-state index in [4.69, 9.17) is 23.7 Å². The van der Waals surface area contributed by atoms with Crippen molar-refractivity contribution in [3.05, 3.63) is 72.9 Å². The lowest BCUT2D eigenvalue weighted by atomic mass is 9.98. The van der Waals surface area contributed by atoms with Crippen LogP contribution in [0.3, 0.4) is 0 Å². The van der Waals surface area contributed by atoms with Crippen LogP contribution in [-0.4, -0.2) is 89.2 Å². The highest BCUT2D eigenvalue weighted by Crippen LogP contribution is 2.27. The number of hydrogen-bond donors (Lipinski definition) is 3. The number of carbonyl (C=O) groups is 4. The summed E-state index contributed by atoms with van der Waals surface area (Å²) in [7, 11) is 0. The van der Waals surface area contributed by atoms with Crippen LogP contribution in [-0.2, 0) is 42.9 Å². The topological polar surface area (TPSA) is 175 Å². The van der Waals surface area contributed by atoms with Crippen LogP contribution in [0.2, 0.25) is 0 Å². The van der Waals surface area contributed by atoms with Crippen molar-refractivity contribution in [2.75, 3.05) is 13.2 Å². The Bertz CT molecular complexity index is 1680. The lowest BCUT2D eigenvalue weighted by Gasteiger charge is -2.40. The van der Waals surface area contributed by atoms with Crippen LogP contribution in [0.25, 0.3) is 0 Å². The molecule has 0 aromatic heterocycles. The van der Waals surface area contributed by atoms with Crippen LogP contribution in [0.5, 0.6) is 0 Å². The molecule has 0 spiro atoms. The van der Waals surface area contributed by atoms with Crippen LogP contribution in [0.1, 0.15) is 290 Å². The van der Waals surface area contributed by atoms with Crippen molar-refractivity contribution in [2.24, 2.45) is 0 Å². The Morgan fingerprint density at radius 3 is 1.15 bits per heavy atom. The smallest absolute Gasteiger partial charge is 0.335 e. The number of aliphatic carboxylic acids is 1. The number of ether oxygens (including phenoxy) is 5. The second kappa shape index (κ2) is 56.6. The molecule has 0 radical (unpaired) electrons. The quantitative estimate of drug-likeness (QED) is 0.0228. The summed E-state index contributed by atoms with van der Waals surface area (Å²) in [5, 5.41) is 31.6. The van der Waals surface area contributed by atoms with E-state index in [0.29, 0.717) is 19.3 Å². The lowest BCUT2D eigenvalue weighted by molar-refractivity contribution is -0.301. The molecular formula is C69H118O12. The first kappa shape index (κ1) is 75.2. The number of hydrogen-bond acceptors (Lipinski definition) is 11. The van der Waals surface area contributed by atoms with Crippen LogP contribution in [0.4, 0.5) is 0 Å². The van der Waals surface area contributed by atoms with Gasteiger partial charge < -0.3 is 39.0 Å². The van der Waals surface area contributed by atoms with E-state index in [1.807, 2.05) is 0 Å². The zero-order valence-corrected chi connectivity index (χ0v) is 51.5. The Morgan fingerprint density at radius 1 is 0.407 bits per heavy atom. The second-order valence-corrected chi connectivity index (χ2v) is 22.4. The molecule has 3 N–H and O–H groups in total. The van der Waals surface area contributed by atoms with Crippen molar-refractivity contribution in [1.29, 1.82) is 0 Å². The number of allylic oxidation sites excluding steroid dienone is 12. The number of aliphatic hydroxyl groups is 2. The number of carbonyl (C=O) groups excluding carboxylic acids is 3. The molecule has 1 saturated heterocycles. The average Bonchev–Trinajstić information content (AvgIpc) is 3.45. The van der Waals surface area contributed by atoms with Crippen molar-refractivity contribution in [2.45, 2.75) is 327 Å². The number of rotatable bonds is 56. The third-order valence-corrected chi connectivity index (χ3v) is 14.8. The normalized spacial score (nSPS) is 18.2. The van der Waals surface area contributed by atoms with Gasteiger partial charge in [0.1, 0.15) is 18.8 Å². The van der Waals surface area contributed by atoms with Gasteiger partial charge in [0.2, 0.25) is 0 Å². The third-order valence-electron chi connectivity index (χ3n) is 14.8. The van der Waals surface area contributed by atoms with E-state index < -0.39 is 67.3 Å². The molecule has 1 aliphatic rings. The van der Waals surface area contributed by atoms with E-state index in [-0.39, 0.29) is 25.9 Å². The number of carboxylic acid groups (broad SMARTS) is 1. The summed E-state index contributed by atoms with van der Waals surface area (Å²) in [5.74, 6) is -3.14. The van der Waals surface area contributed by atoms with Gasteiger partial charge in [-0.15, -0.1) is 0 Å². The maximum absolute atomic E-state index is 13.2. The first-order chi connectivity index (χ1) is 39.6. The molecule has 0 amide bonds. The first-order valence-electron chi connectivity index (χ1n) is 32.9. The molecule has 0 aromatic rings. The number of aliphatic hydroxyl groups excluding tert-OH is 2. The summed E-state index contributed by atoms with van der Waals surface area (Å²) in [6.45, 7) is 5.95. The van der Waals surface area contributed by atoms with Crippen molar-refractivity contribution in [3.63, 3.8) is 0 Å². The fourth-order valence-corrected chi connectivity index (χ4v) is 9.68. The molecule has 0 bridgehead atoms. The van der Waals surface area contributed by atoms with Crippen molar-refractivity contribution >= 4 is 23.9 Å². The fraction of sp³-hybridized carbons (Fsp3) is 0.768. The summed E-state index contributed by atoms with van der Waals surface area (Å²) in [6.07, 6.45) is 59.9. The van der Waals surface area contributed by atoms with Crippen LogP contribution in [0.15, 0.2) is 72.9 Å².